The molecule has 0 spiro atoms. The first-order chi connectivity index (χ1) is 8.66. The highest BCUT2D eigenvalue weighted by Gasteiger charge is 2.16. The van der Waals surface area contributed by atoms with Gasteiger partial charge in [-0.05, 0) is 11.4 Å². The molecule has 1 unspecified atom stereocenters. The summed E-state index contributed by atoms with van der Waals surface area (Å²) in [6.07, 6.45) is 0.528. The monoisotopic (exact) mass is 266 g/mol. The summed E-state index contributed by atoms with van der Waals surface area (Å²) in [5.41, 5.74) is 5.82. The van der Waals surface area contributed by atoms with Crippen molar-refractivity contribution in [3.63, 3.8) is 0 Å². The van der Waals surface area contributed by atoms with Gasteiger partial charge in [-0.15, -0.1) is 11.3 Å². The van der Waals surface area contributed by atoms with Gasteiger partial charge in [-0.2, -0.15) is 4.98 Å². The maximum atomic E-state index is 11.7. The van der Waals surface area contributed by atoms with E-state index in [2.05, 4.69) is 15.5 Å². The summed E-state index contributed by atoms with van der Waals surface area (Å²) in [6, 6.07) is 3.10. The molecule has 6 nitrogen and oxygen atoms in total. The van der Waals surface area contributed by atoms with Crippen molar-refractivity contribution in [3.05, 3.63) is 34.1 Å². The number of nitrogens with one attached hydrogen (secondary N) is 1. The lowest BCUT2D eigenvalue weighted by atomic mass is 10.2. The third-order valence-electron chi connectivity index (χ3n) is 2.35. The van der Waals surface area contributed by atoms with E-state index in [-0.39, 0.29) is 5.91 Å². The van der Waals surface area contributed by atoms with Crippen LogP contribution in [0.1, 0.15) is 22.6 Å². The molecule has 2 aromatic heterocycles. The van der Waals surface area contributed by atoms with Gasteiger partial charge in [-0.25, -0.2) is 0 Å². The molecule has 0 saturated carbocycles. The minimum Gasteiger partial charge on any atom is -0.354 e. The van der Waals surface area contributed by atoms with Crippen LogP contribution in [0, 0.1) is 6.92 Å². The van der Waals surface area contributed by atoms with Gasteiger partial charge < -0.3 is 15.6 Å². The number of aryl methyl sites for hydroxylation is 1. The topological polar surface area (TPSA) is 94.0 Å². The van der Waals surface area contributed by atoms with Gasteiger partial charge in [0.1, 0.15) is 6.04 Å². The normalized spacial score (nSPS) is 12.3. The molecule has 1 amide bonds. The second-order valence-corrected chi connectivity index (χ2v) is 4.74. The van der Waals surface area contributed by atoms with E-state index in [1.54, 1.807) is 6.92 Å². The summed E-state index contributed by atoms with van der Waals surface area (Å²) in [6.45, 7) is 2.17. The highest BCUT2D eigenvalue weighted by Crippen LogP contribution is 2.16. The number of nitrogens with two attached hydrogens (primary N) is 1. The van der Waals surface area contributed by atoms with E-state index in [0.717, 1.165) is 4.88 Å². The van der Waals surface area contributed by atoms with Gasteiger partial charge >= 0.3 is 0 Å². The van der Waals surface area contributed by atoms with Crippen molar-refractivity contribution in [2.75, 3.05) is 6.54 Å². The maximum Gasteiger partial charge on any atom is 0.242 e. The Hall–Kier alpha value is -1.73. The van der Waals surface area contributed by atoms with Gasteiger partial charge in [0.05, 0.1) is 0 Å². The van der Waals surface area contributed by atoms with Crippen molar-refractivity contribution in [1.82, 2.24) is 15.5 Å². The van der Waals surface area contributed by atoms with Crippen molar-refractivity contribution in [2.45, 2.75) is 19.4 Å². The fourth-order valence-electron chi connectivity index (χ4n) is 1.45. The summed E-state index contributed by atoms with van der Waals surface area (Å²) in [5.74, 6) is 0.904. The second kappa shape index (κ2) is 5.74. The van der Waals surface area contributed by atoms with Crippen LogP contribution in [-0.2, 0) is 11.2 Å². The number of carbonyl (C=O) groups excluding carboxylic acids is 1. The lowest BCUT2D eigenvalue weighted by Gasteiger charge is -2.09. The molecule has 1 atom stereocenters. The molecule has 0 fully saturated rings. The number of hydrogen-bond donors (Lipinski definition) is 2. The lowest BCUT2D eigenvalue weighted by Crippen LogP contribution is -2.34. The predicted molar refractivity (Wildman–Crippen MR) is 67.0 cm³/mol. The summed E-state index contributed by atoms with van der Waals surface area (Å²) >= 11 is 1.47. The minimum absolute atomic E-state index is 0.197. The molecular weight excluding hydrogens is 252 g/mol. The summed E-state index contributed by atoms with van der Waals surface area (Å²) < 4.78 is 4.83. The van der Waals surface area contributed by atoms with Crippen molar-refractivity contribution in [1.29, 1.82) is 0 Å². The molecule has 0 radical (unpaired) electrons. The fraction of sp³-hybridized carbons (Fsp3) is 0.364. The first-order valence-electron chi connectivity index (χ1n) is 5.52. The first-order valence-corrected chi connectivity index (χ1v) is 6.40. The Morgan fingerprint density at radius 3 is 3.11 bits per heavy atom. The second-order valence-electron chi connectivity index (χ2n) is 3.76. The molecule has 2 aromatic rings. The van der Waals surface area contributed by atoms with Gasteiger partial charge in [0.2, 0.25) is 11.8 Å². The van der Waals surface area contributed by atoms with Gasteiger partial charge in [0, 0.05) is 24.8 Å². The van der Waals surface area contributed by atoms with Crippen LogP contribution in [0.25, 0.3) is 0 Å². The molecule has 0 aromatic carbocycles. The minimum atomic E-state index is -0.614. The molecular formula is C11H14N4O2S. The molecule has 0 bridgehead atoms. The van der Waals surface area contributed by atoms with E-state index < -0.39 is 6.04 Å². The molecule has 0 aliphatic rings. The number of thiophene rings is 1. The molecule has 2 rings (SSSR count). The Balaban J connectivity index is 1.78. The van der Waals surface area contributed by atoms with Crippen molar-refractivity contribution in [3.8, 4) is 0 Å². The molecule has 0 aliphatic heterocycles. The predicted octanol–water partition coefficient (Wildman–Crippen LogP) is 0.798. The van der Waals surface area contributed by atoms with E-state index >= 15 is 0 Å². The van der Waals surface area contributed by atoms with Crippen LogP contribution >= 0.6 is 11.3 Å². The van der Waals surface area contributed by atoms with Gasteiger partial charge in [-0.1, -0.05) is 11.2 Å². The van der Waals surface area contributed by atoms with E-state index in [4.69, 9.17) is 10.3 Å². The van der Waals surface area contributed by atoms with Gasteiger partial charge in [0.25, 0.3) is 0 Å². The van der Waals surface area contributed by atoms with Crippen molar-refractivity contribution >= 4 is 17.2 Å². The van der Waals surface area contributed by atoms with Crippen LogP contribution in [0.15, 0.2) is 22.0 Å². The van der Waals surface area contributed by atoms with Crippen molar-refractivity contribution < 1.29 is 9.32 Å². The molecule has 0 saturated heterocycles. The smallest absolute Gasteiger partial charge is 0.242 e. The van der Waals surface area contributed by atoms with Crippen molar-refractivity contribution in [2.24, 2.45) is 5.73 Å². The van der Waals surface area contributed by atoms with Crippen LogP contribution in [-0.4, -0.2) is 22.6 Å². The van der Waals surface area contributed by atoms with Gasteiger partial charge in [-0.3, -0.25) is 4.79 Å². The zero-order valence-corrected chi connectivity index (χ0v) is 10.7. The Bertz CT molecular complexity index is 509. The quantitative estimate of drug-likeness (QED) is 0.834. The molecule has 7 heteroatoms. The Kier molecular flexibility index (Phi) is 4.06. The Morgan fingerprint density at radius 2 is 2.50 bits per heavy atom. The zero-order valence-electron chi connectivity index (χ0n) is 9.92. The van der Waals surface area contributed by atoms with E-state index in [0.29, 0.717) is 24.7 Å². The SMILES string of the molecule is Cc1nc(CCNC(=O)C(N)c2cccs2)no1. The van der Waals surface area contributed by atoms with Crippen LogP contribution < -0.4 is 11.1 Å². The van der Waals surface area contributed by atoms with E-state index in [1.807, 2.05) is 17.5 Å². The Labute approximate surface area is 108 Å². The zero-order chi connectivity index (χ0) is 13.0. The van der Waals surface area contributed by atoms with E-state index in [9.17, 15) is 4.79 Å². The summed E-state index contributed by atoms with van der Waals surface area (Å²) in [7, 11) is 0. The van der Waals surface area contributed by atoms with E-state index in [1.165, 1.54) is 11.3 Å². The van der Waals surface area contributed by atoms with Crippen LogP contribution in [0.4, 0.5) is 0 Å². The lowest BCUT2D eigenvalue weighted by molar-refractivity contribution is -0.122. The average molecular weight is 266 g/mol. The van der Waals surface area contributed by atoms with Gasteiger partial charge in [0.15, 0.2) is 5.82 Å². The number of carbonyl (C=O) groups is 1. The van der Waals surface area contributed by atoms with Crippen LogP contribution in [0.3, 0.4) is 0 Å². The number of hydrogen-bond acceptors (Lipinski definition) is 6. The molecule has 3 N–H and O–H groups in total. The summed E-state index contributed by atoms with van der Waals surface area (Å²) in [4.78, 5) is 16.6. The average Bonchev–Trinajstić information content (AvgIpc) is 2.99. The van der Waals surface area contributed by atoms with Crippen LogP contribution in [0.5, 0.6) is 0 Å². The third-order valence-corrected chi connectivity index (χ3v) is 3.31. The fourth-order valence-corrected chi connectivity index (χ4v) is 2.17. The maximum absolute atomic E-state index is 11.7. The molecule has 2 heterocycles. The molecule has 0 aliphatic carbocycles. The number of aromatic nitrogens is 2. The number of nitrogens with zero attached hydrogens (tertiary/aromatic N) is 2. The first kappa shape index (κ1) is 12.7. The molecule has 18 heavy (non-hydrogen) atoms. The number of rotatable bonds is 5. The Morgan fingerprint density at radius 1 is 1.67 bits per heavy atom. The highest BCUT2D eigenvalue weighted by atomic mass is 32.1. The third kappa shape index (κ3) is 3.14. The van der Waals surface area contributed by atoms with Crippen LogP contribution in [0.2, 0.25) is 0 Å². The highest BCUT2D eigenvalue weighted by molar-refractivity contribution is 7.10. The number of amides is 1. The molecule has 96 valence electrons. The standard InChI is InChI=1S/C11H14N4O2S/c1-7-14-9(15-17-7)4-5-13-11(16)10(12)8-3-2-6-18-8/h2-3,6,10H,4-5,12H2,1H3,(H,13,16). The largest absolute Gasteiger partial charge is 0.354 e. The summed E-state index contributed by atoms with van der Waals surface area (Å²) in [5, 5.41) is 8.38.